The third kappa shape index (κ3) is 6.72. The second-order valence-electron chi connectivity index (χ2n) is 4.78. The molecule has 0 bridgehead atoms. The fraction of sp³-hybridized carbons (Fsp3) is 0.600. The summed E-state index contributed by atoms with van der Waals surface area (Å²) in [6.45, 7) is 6.32. The van der Waals surface area contributed by atoms with Gasteiger partial charge in [0.2, 0.25) is 0 Å². The van der Waals surface area contributed by atoms with Gasteiger partial charge in [0, 0.05) is 6.54 Å². The van der Waals surface area contributed by atoms with Crippen LogP contribution in [0.15, 0.2) is 24.3 Å². The summed E-state index contributed by atoms with van der Waals surface area (Å²) in [4.78, 5) is 2.29. The molecule has 0 aliphatic heterocycles. The van der Waals surface area contributed by atoms with Crippen molar-refractivity contribution in [1.29, 1.82) is 0 Å². The van der Waals surface area contributed by atoms with E-state index in [-0.39, 0.29) is 5.82 Å². The zero-order valence-corrected chi connectivity index (χ0v) is 11.6. The molecule has 0 amide bonds. The molecule has 0 saturated carbocycles. The first-order valence-electron chi connectivity index (χ1n) is 6.86. The summed E-state index contributed by atoms with van der Waals surface area (Å²) in [7, 11) is 2.12. The Hall–Kier alpha value is -0.930. The van der Waals surface area contributed by atoms with E-state index in [1.54, 1.807) is 0 Å². The zero-order valence-electron chi connectivity index (χ0n) is 11.6. The number of unbranched alkanes of at least 4 members (excludes halogenated alkanes) is 2. The van der Waals surface area contributed by atoms with Crippen LogP contribution in [0, 0.1) is 5.82 Å². The van der Waals surface area contributed by atoms with Crippen LogP contribution in [-0.4, -0.2) is 31.6 Å². The molecule has 0 aliphatic carbocycles. The SMILES string of the molecule is CCNCCCCCN(C)Cc1ccc(F)cc1. The van der Waals surface area contributed by atoms with Gasteiger partial charge in [-0.2, -0.15) is 0 Å². The van der Waals surface area contributed by atoms with Gasteiger partial charge in [0.1, 0.15) is 5.82 Å². The third-order valence-electron chi connectivity index (χ3n) is 3.01. The summed E-state index contributed by atoms with van der Waals surface area (Å²) in [5.74, 6) is -0.162. The molecule has 3 heteroatoms. The van der Waals surface area contributed by atoms with E-state index >= 15 is 0 Å². The van der Waals surface area contributed by atoms with Gasteiger partial charge in [0.25, 0.3) is 0 Å². The van der Waals surface area contributed by atoms with Crippen LogP contribution in [-0.2, 0) is 6.54 Å². The minimum atomic E-state index is -0.162. The monoisotopic (exact) mass is 252 g/mol. The predicted octanol–water partition coefficient (Wildman–Crippen LogP) is 3.04. The van der Waals surface area contributed by atoms with Gasteiger partial charge in [-0.05, 0) is 57.2 Å². The molecule has 102 valence electrons. The van der Waals surface area contributed by atoms with E-state index in [1.165, 1.54) is 37.0 Å². The molecule has 0 unspecified atom stereocenters. The van der Waals surface area contributed by atoms with Gasteiger partial charge in [0.05, 0.1) is 0 Å². The van der Waals surface area contributed by atoms with E-state index in [9.17, 15) is 4.39 Å². The Kier molecular flexibility index (Phi) is 7.62. The maximum atomic E-state index is 12.8. The quantitative estimate of drug-likeness (QED) is 0.680. The average Bonchev–Trinajstić information content (AvgIpc) is 2.36. The highest BCUT2D eigenvalue weighted by molar-refractivity contribution is 5.15. The van der Waals surface area contributed by atoms with Gasteiger partial charge in [0.15, 0.2) is 0 Å². The highest BCUT2D eigenvalue weighted by atomic mass is 19.1. The third-order valence-corrected chi connectivity index (χ3v) is 3.01. The number of hydrogen-bond acceptors (Lipinski definition) is 2. The predicted molar refractivity (Wildman–Crippen MR) is 75.1 cm³/mol. The number of halogens is 1. The first kappa shape index (κ1) is 15.1. The van der Waals surface area contributed by atoms with Crippen LogP contribution >= 0.6 is 0 Å². The van der Waals surface area contributed by atoms with Gasteiger partial charge in [-0.25, -0.2) is 4.39 Å². The fourth-order valence-electron chi connectivity index (χ4n) is 1.97. The maximum Gasteiger partial charge on any atom is 0.123 e. The normalized spacial score (nSPS) is 11.1. The van der Waals surface area contributed by atoms with Crippen molar-refractivity contribution >= 4 is 0 Å². The maximum absolute atomic E-state index is 12.8. The van der Waals surface area contributed by atoms with Gasteiger partial charge in [-0.1, -0.05) is 25.5 Å². The summed E-state index contributed by atoms with van der Waals surface area (Å²) in [6.07, 6.45) is 3.74. The minimum absolute atomic E-state index is 0.162. The zero-order chi connectivity index (χ0) is 13.2. The van der Waals surface area contributed by atoms with Gasteiger partial charge in [-0.15, -0.1) is 0 Å². The van der Waals surface area contributed by atoms with Crippen LogP contribution in [0.2, 0.25) is 0 Å². The van der Waals surface area contributed by atoms with E-state index < -0.39 is 0 Å². The summed E-state index contributed by atoms with van der Waals surface area (Å²) in [6, 6.07) is 6.77. The standard InChI is InChI=1S/C15H25FN2/c1-3-17-11-5-4-6-12-18(2)13-14-7-9-15(16)10-8-14/h7-10,17H,3-6,11-13H2,1-2H3. The molecule has 0 aliphatic rings. The number of benzene rings is 1. The molecule has 1 aromatic rings. The van der Waals surface area contributed by atoms with E-state index in [1.807, 2.05) is 12.1 Å². The molecule has 1 rings (SSSR count). The molecule has 0 radical (unpaired) electrons. The lowest BCUT2D eigenvalue weighted by Crippen LogP contribution is -2.19. The van der Waals surface area contributed by atoms with Crippen molar-refractivity contribution in [3.63, 3.8) is 0 Å². The summed E-state index contributed by atoms with van der Waals surface area (Å²) in [5, 5.41) is 3.33. The van der Waals surface area contributed by atoms with Crippen LogP contribution in [0.1, 0.15) is 31.7 Å². The Morgan fingerprint density at radius 1 is 1.11 bits per heavy atom. The Bertz CT molecular complexity index is 311. The Labute approximate surface area is 110 Å². The largest absolute Gasteiger partial charge is 0.317 e. The average molecular weight is 252 g/mol. The molecule has 0 fully saturated rings. The number of nitrogens with zero attached hydrogens (tertiary/aromatic N) is 1. The van der Waals surface area contributed by atoms with E-state index in [0.717, 1.165) is 26.2 Å². The van der Waals surface area contributed by atoms with Crippen molar-refractivity contribution < 1.29 is 4.39 Å². The molecule has 1 N–H and O–H groups in total. The van der Waals surface area contributed by atoms with E-state index in [4.69, 9.17) is 0 Å². The first-order chi connectivity index (χ1) is 8.72. The van der Waals surface area contributed by atoms with Gasteiger partial charge in [-0.3, -0.25) is 0 Å². The van der Waals surface area contributed by atoms with Gasteiger partial charge >= 0.3 is 0 Å². The van der Waals surface area contributed by atoms with Crippen molar-refractivity contribution in [2.75, 3.05) is 26.7 Å². The fourth-order valence-corrected chi connectivity index (χ4v) is 1.97. The van der Waals surface area contributed by atoms with Crippen LogP contribution in [0.3, 0.4) is 0 Å². The molecule has 0 saturated heterocycles. The molecular weight excluding hydrogens is 227 g/mol. The molecular formula is C15H25FN2. The van der Waals surface area contributed by atoms with Crippen molar-refractivity contribution in [1.82, 2.24) is 10.2 Å². The summed E-state index contributed by atoms with van der Waals surface area (Å²) < 4.78 is 12.8. The Morgan fingerprint density at radius 3 is 2.50 bits per heavy atom. The second-order valence-corrected chi connectivity index (χ2v) is 4.78. The highest BCUT2D eigenvalue weighted by Crippen LogP contribution is 2.06. The van der Waals surface area contributed by atoms with Crippen molar-refractivity contribution in [3.05, 3.63) is 35.6 Å². The molecule has 0 spiro atoms. The van der Waals surface area contributed by atoms with Crippen molar-refractivity contribution in [2.24, 2.45) is 0 Å². The highest BCUT2D eigenvalue weighted by Gasteiger charge is 2.00. The van der Waals surface area contributed by atoms with Crippen molar-refractivity contribution in [2.45, 2.75) is 32.7 Å². The molecule has 2 nitrogen and oxygen atoms in total. The molecule has 18 heavy (non-hydrogen) atoms. The van der Waals surface area contributed by atoms with Crippen LogP contribution in [0.5, 0.6) is 0 Å². The van der Waals surface area contributed by atoms with Crippen molar-refractivity contribution in [3.8, 4) is 0 Å². The Morgan fingerprint density at radius 2 is 1.83 bits per heavy atom. The Balaban J connectivity index is 2.10. The number of rotatable bonds is 9. The minimum Gasteiger partial charge on any atom is -0.317 e. The second kappa shape index (κ2) is 9.06. The topological polar surface area (TPSA) is 15.3 Å². The first-order valence-corrected chi connectivity index (χ1v) is 6.86. The smallest absolute Gasteiger partial charge is 0.123 e. The summed E-state index contributed by atoms with van der Waals surface area (Å²) >= 11 is 0. The number of hydrogen-bond donors (Lipinski definition) is 1. The van der Waals surface area contributed by atoms with E-state index in [0.29, 0.717) is 0 Å². The van der Waals surface area contributed by atoms with Crippen LogP contribution in [0.4, 0.5) is 4.39 Å². The van der Waals surface area contributed by atoms with Crippen LogP contribution < -0.4 is 5.32 Å². The van der Waals surface area contributed by atoms with E-state index in [2.05, 4.69) is 24.2 Å². The van der Waals surface area contributed by atoms with Gasteiger partial charge < -0.3 is 10.2 Å². The molecule has 1 aromatic carbocycles. The number of nitrogens with one attached hydrogen (secondary N) is 1. The van der Waals surface area contributed by atoms with Crippen LogP contribution in [0.25, 0.3) is 0 Å². The lowest BCUT2D eigenvalue weighted by molar-refractivity contribution is 0.317. The molecule has 0 heterocycles. The lowest BCUT2D eigenvalue weighted by Gasteiger charge is -2.16. The lowest BCUT2D eigenvalue weighted by atomic mass is 10.2. The molecule has 0 aromatic heterocycles. The summed E-state index contributed by atoms with van der Waals surface area (Å²) in [5.41, 5.74) is 1.17. The molecule has 0 atom stereocenters.